The highest BCUT2D eigenvalue weighted by atomic mass is 32.2. The third kappa shape index (κ3) is 5.15. The molecule has 2 aromatic carbocycles. The van der Waals surface area contributed by atoms with Crippen LogP contribution in [-0.4, -0.2) is 26.9 Å². The minimum Gasteiger partial charge on any atom is -0.462 e. The second-order valence-electron chi connectivity index (χ2n) is 8.23. The molecule has 0 saturated heterocycles. The summed E-state index contributed by atoms with van der Waals surface area (Å²) in [6.45, 7) is 4.17. The zero-order valence-corrected chi connectivity index (χ0v) is 20.6. The minimum absolute atomic E-state index is 0.127. The maximum Gasteiger partial charge on any atom is 0.341 e. The Labute approximate surface area is 203 Å². The monoisotopic (exact) mass is 498 g/mol. The number of nitrogens with one attached hydrogen (secondary N) is 2. The summed E-state index contributed by atoms with van der Waals surface area (Å²) in [5.41, 5.74) is 1.92. The number of sulfonamides is 1. The zero-order valence-electron chi connectivity index (χ0n) is 19.0. The second kappa shape index (κ2) is 9.99. The van der Waals surface area contributed by atoms with Crippen LogP contribution in [0.4, 0.5) is 10.7 Å². The Bertz CT molecular complexity index is 1320. The van der Waals surface area contributed by atoms with Crippen LogP contribution in [0.1, 0.15) is 51.4 Å². The van der Waals surface area contributed by atoms with Crippen molar-refractivity contribution in [2.75, 3.05) is 16.6 Å². The summed E-state index contributed by atoms with van der Waals surface area (Å²) in [4.78, 5) is 27.0. The summed E-state index contributed by atoms with van der Waals surface area (Å²) in [5, 5.41) is 3.33. The molecule has 4 rings (SSSR count). The fourth-order valence-electron chi connectivity index (χ4n) is 3.97. The van der Waals surface area contributed by atoms with E-state index < -0.39 is 21.9 Å². The van der Waals surface area contributed by atoms with Crippen molar-refractivity contribution in [3.8, 4) is 0 Å². The number of amides is 1. The number of ether oxygens (including phenoxy) is 1. The molecule has 1 aliphatic carbocycles. The molecule has 0 spiro atoms. The molecule has 0 fully saturated rings. The Balaban J connectivity index is 1.59. The molecule has 1 amide bonds. The van der Waals surface area contributed by atoms with E-state index in [0.29, 0.717) is 16.5 Å². The first-order valence-electron chi connectivity index (χ1n) is 11.1. The van der Waals surface area contributed by atoms with Gasteiger partial charge in [-0.05, 0) is 68.0 Å². The topological polar surface area (TPSA) is 102 Å². The van der Waals surface area contributed by atoms with E-state index in [1.165, 1.54) is 29.5 Å². The van der Waals surface area contributed by atoms with E-state index in [9.17, 15) is 18.0 Å². The van der Waals surface area contributed by atoms with Crippen molar-refractivity contribution in [1.82, 2.24) is 0 Å². The molecule has 0 saturated carbocycles. The zero-order chi connectivity index (χ0) is 24.3. The lowest BCUT2D eigenvalue weighted by atomic mass is 9.88. The molecule has 1 atom stereocenters. The number of carbonyl (C=O) groups is 2. The number of hydrogen-bond acceptors (Lipinski definition) is 6. The quantitative estimate of drug-likeness (QED) is 0.441. The molecule has 0 bridgehead atoms. The maximum absolute atomic E-state index is 13.1. The molecule has 0 aliphatic heterocycles. The molecular formula is C25H26N2O5S2. The average Bonchev–Trinajstić information content (AvgIpc) is 3.16. The van der Waals surface area contributed by atoms with Crippen molar-refractivity contribution >= 4 is 43.9 Å². The summed E-state index contributed by atoms with van der Waals surface area (Å²) in [5.74, 6) is -0.355. The van der Waals surface area contributed by atoms with Gasteiger partial charge in [-0.15, -0.1) is 11.3 Å². The van der Waals surface area contributed by atoms with E-state index in [-0.39, 0.29) is 22.8 Å². The normalized spacial score (nSPS) is 15.3. The number of rotatable bonds is 7. The van der Waals surface area contributed by atoms with E-state index in [0.717, 1.165) is 29.7 Å². The van der Waals surface area contributed by atoms with Crippen LogP contribution in [0.2, 0.25) is 0 Å². The van der Waals surface area contributed by atoms with Crippen LogP contribution >= 0.6 is 11.3 Å². The van der Waals surface area contributed by atoms with E-state index >= 15 is 0 Å². The van der Waals surface area contributed by atoms with E-state index in [4.69, 9.17) is 4.74 Å². The van der Waals surface area contributed by atoms with Crippen molar-refractivity contribution in [2.24, 2.45) is 5.92 Å². The molecule has 1 aromatic heterocycles. The second-order valence-corrected chi connectivity index (χ2v) is 11.0. The van der Waals surface area contributed by atoms with Gasteiger partial charge in [0.15, 0.2) is 0 Å². The van der Waals surface area contributed by atoms with E-state index in [1.54, 1.807) is 43.3 Å². The summed E-state index contributed by atoms with van der Waals surface area (Å²) >= 11 is 1.41. The van der Waals surface area contributed by atoms with Crippen LogP contribution in [0.5, 0.6) is 0 Å². The van der Waals surface area contributed by atoms with Gasteiger partial charge in [-0.2, -0.15) is 0 Å². The molecule has 1 heterocycles. The van der Waals surface area contributed by atoms with Crippen molar-refractivity contribution in [1.29, 1.82) is 0 Å². The van der Waals surface area contributed by atoms with Crippen LogP contribution < -0.4 is 10.0 Å². The molecule has 34 heavy (non-hydrogen) atoms. The van der Waals surface area contributed by atoms with Crippen LogP contribution in [0.15, 0.2) is 59.5 Å². The van der Waals surface area contributed by atoms with Gasteiger partial charge in [0.05, 0.1) is 17.1 Å². The standard InChI is InChI=1S/C25H26N2O5S2/c1-3-32-25(29)22-20-13-12-16(2)14-21(20)33-24(22)26-23(28)17-8-7-9-18(15-17)27-34(30,31)19-10-5-4-6-11-19/h4-11,15-16,27H,3,12-14H2,1-2H3,(H,26,28). The fraction of sp³-hybridized carbons (Fsp3) is 0.280. The third-order valence-corrected chi connectivity index (χ3v) is 8.22. The van der Waals surface area contributed by atoms with E-state index in [2.05, 4.69) is 17.0 Å². The molecule has 1 unspecified atom stereocenters. The number of hydrogen-bond donors (Lipinski definition) is 2. The van der Waals surface area contributed by atoms with Crippen LogP contribution in [0.3, 0.4) is 0 Å². The predicted octanol–water partition coefficient (Wildman–Crippen LogP) is 5.10. The van der Waals surface area contributed by atoms with Crippen LogP contribution in [0, 0.1) is 5.92 Å². The first kappa shape index (κ1) is 24.0. The molecule has 0 radical (unpaired) electrons. The molecule has 1 aliphatic rings. The Kier molecular flexibility index (Phi) is 7.04. The highest BCUT2D eigenvalue weighted by molar-refractivity contribution is 7.92. The highest BCUT2D eigenvalue weighted by Gasteiger charge is 2.29. The molecule has 3 aromatic rings. The summed E-state index contributed by atoms with van der Waals surface area (Å²) < 4.78 is 33.0. The molecule has 2 N–H and O–H groups in total. The Morgan fingerprint density at radius 3 is 2.62 bits per heavy atom. The Morgan fingerprint density at radius 1 is 1.12 bits per heavy atom. The lowest BCUT2D eigenvalue weighted by molar-refractivity contribution is 0.0526. The predicted molar refractivity (Wildman–Crippen MR) is 133 cm³/mol. The van der Waals surface area contributed by atoms with Crippen molar-refractivity contribution in [2.45, 2.75) is 38.0 Å². The third-order valence-electron chi connectivity index (χ3n) is 5.65. The smallest absolute Gasteiger partial charge is 0.341 e. The molecule has 7 nitrogen and oxygen atoms in total. The van der Waals surface area contributed by atoms with E-state index in [1.807, 2.05) is 0 Å². The Hall–Kier alpha value is -3.17. The van der Waals surface area contributed by atoms with Gasteiger partial charge in [-0.3, -0.25) is 9.52 Å². The van der Waals surface area contributed by atoms with Gasteiger partial charge >= 0.3 is 5.97 Å². The summed E-state index contributed by atoms with van der Waals surface area (Å²) in [6.07, 6.45) is 2.61. The summed E-state index contributed by atoms with van der Waals surface area (Å²) in [6, 6.07) is 14.2. The maximum atomic E-state index is 13.1. The first-order chi connectivity index (χ1) is 16.3. The fourth-order valence-corrected chi connectivity index (χ4v) is 6.44. The SMILES string of the molecule is CCOC(=O)c1c(NC(=O)c2cccc(NS(=O)(=O)c3ccccc3)c2)sc2c1CCC(C)C2. The van der Waals surface area contributed by atoms with Crippen molar-refractivity contribution < 1.29 is 22.7 Å². The number of thiophene rings is 1. The average molecular weight is 499 g/mol. The van der Waals surface area contributed by atoms with Gasteiger partial charge in [0.25, 0.3) is 15.9 Å². The first-order valence-corrected chi connectivity index (χ1v) is 13.4. The van der Waals surface area contributed by atoms with Crippen LogP contribution in [-0.2, 0) is 27.6 Å². The highest BCUT2D eigenvalue weighted by Crippen LogP contribution is 2.40. The lowest BCUT2D eigenvalue weighted by Gasteiger charge is -2.18. The van der Waals surface area contributed by atoms with Gasteiger partial charge in [0.2, 0.25) is 0 Å². The minimum atomic E-state index is -3.79. The number of benzene rings is 2. The number of anilines is 2. The Morgan fingerprint density at radius 2 is 1.88 bits per heavy atom. The van der Waals surface area contributed by atoms with Gasteiger partial charge < -0.3 is 10.1 Å². The number of esters is 1. The molecule has 9 heteroatoms. The largest absolute Gasteiger partial charge is 0.462 e. The van der Waals surface area contributed by atoms with Crippen LogP contribution in [0.25, 0.3) is 0 Å². The molecular weight excluding hydrogens is 472 g/mol. The van der Waals surface area contributed by atoms with Gasteiger partial charge in [0.1, 0.15) is 5.00 Å². The van der Waals surface area contributed by atoms with Gasteiger partial charge in [0, 0.05) is 16.1 Å². The molecule has 178 valence electrons. The van der Waals surface area contributed by atoms with Crippen molar-refractivity contribution in [3.05, 3.63) is 76.2 Å². The lowest BCUT2D eigenvalue weighted by Crippen LogP contribution is -2.17. The number of carbonyl (C=O) groups excluding carboxylic acids is 2. The van der Waals surface area contributed by atoms with Crippen molar-refractivity contribution in [3.63, 3.8) is 0 Å². The number of fused-ring (bicyclic) bond motifs is 1. The van der Waals surface area contributed by atoms with Gasteiger partial charge in [-0.25, -0.2) is 13.2 Å². The van der Waals surface area contributed by atoms with Gasteiger partial charge in [-0.1, -0.05) is 31.2 Å². The summed E-state index contributed by atoms with van der Waals surface area (Å²) in [7, 11) is -3.79.